The lowest BCUT2D eigenvalue weighted by atomic mass is 10.3. The van der Waals surface area contributed by atoms with Crippen molar-refractivity contribution < 1.29 is 22.6 Å². The van der Waals surface area contributed by atoms with E-state index in [0.29, 0.717) is 22.2 Å². The van der Waals surface area contributed by atoms with Gasteiger partial charge in [-0.1, -0.05) is 54.6 Å². The molecule has 5 heteroatoms. The van der Waals surface area contributed by atoms with Crippen molar-refractivity contribution in [1.29, 1.82) is 0 Å². The van der Waals surface area contributed by atoms with Gasteiger partial charge in [0.15, 0.2) is 0 Å². The van der Waals surface area contributed by atoms with E-state index in [1.54, 1.807) is 91.0 Å². The highest BCUT2D eigenvalue weighted by Crippen LogP contribution is 2.59. The maximum Gasteiger partial charge on any atom is 0.114 e. The summed E-state index contributed by atoms with van der Waals surface area (Å²) in [6, 6.07) is 26.4. The van der Waals surface area contributed by atoms with Crippen LogP contribution >= 0.6 is 7.26 Å². The summed E-state index contributed by atoms with van der Waals surface area (Å²) in [6.45, 7) is -6.12. The minimum absolute atomic E-state index is 0.555. The molecular weight excluding hydrogens is 375 g/mol. The normalized spacial score (nSPS) is 16.7. The second kappa shape index (κ2) is 9.27. The second-order valence-electron chi connectivity index (χ2n) is 5.73. The van der Waals surface area contributed by atoms with Crippen molar-refractivity contribution in [3.8, 4) is 0 Å². The molecule has 0 bridgehead atoms. The van der Waals surface area contributed by atoms with Gasteiger partial charge in [-0.15, -0.1) is 0 Å². The van der Waals surface area contributed by atoms with Gasteiger partial charge in [-0.3, -0.25) is 0 Å². The van der Waals surface area contributed by atoms with Crippen LogP contribution in [0.25, 0.3) is 0 Å². The molecule has 0 N–H and O–H groups in total. The zero-order valence-electron chi connectivity index (χ0n) is 21.7. The number of benzene rings is 3. The van der Waals surface area contributed by atoms with Crippen molar-refractivity contribution in [2.45, 2.75) is 19.3 Å². The molecule has 0 saturated heterocycles. The van der Waals surface area contributed by atoms with Gasteiger partial charge in [0.2, 0.25) is 0 Å². The molecule has 0 spiro atoms. The predicted octanol–water partition coefficient (Wildman–Crippen LogP) is 3.55. The van der Waals surface area contributed by atoms with E-state index >= 15 is 0 Å². The average Bonchev–Trinajstić information content (AvgIpc) is 2.74. The summed E-state index contributed by atoms with van der Waals surface area (Å²) in [4.78, 5) is 0. The Bertz CT molecular complexity index is 1050. The smallest absolute Gasteiger partial charge is 0.114 e. The van der Waals surface area contributed by atoms with Crippen molar-refractivity contribution in [3.05, 3.63) is 91.0 Å². The molecule has 0 aromatic heterocycles. The maximum atomic E-state index is 9.27. The Labute approximate surface area is 173 Å². The van der Waals surface area contributed by atoms with Crippen LogP contribution in [0.5, 0.6) is 0 Å². The molecule has 142 valence electrons. The van der Waals surface area contributed by atoms with Crippen LogP contribution < -0.4 is 15.9 Å². The van der Waals surface area contributed by atoms with Gasteiger partial charge in [-0.2, -0.15) is 0 Å². The van der Waals surface area contributed by atoms with Crippen molar-refractivity contribution in [2.24, 2.45) is 0 Å². The van der Waals surface area contributed by atoms with Gasteiger partial charge < -0.3 is 4.55 Å². The Morgan fingerprint density at radius 3 is 1.26 bits per heavy atom. The Morgan fingerprint density at radius 2 is 1.04 bits per heavy atom. The molecule has 0 atom stereocenters. The third-order valence-electron chi connectivity index (χ3n) is 3.77. The van der Waals surface area contributed by atoms with Crippen molar-refractivity contribution in [2.75, 3.05) is 6.26 Å². The third-order valence-corrected chi connectivity index (χ3v) is 7.65. The Kier molecular flexibility index (Phi) is 4.54. The summed E-state index contributed by atoms with van der Waals surface area (Å²) in [6.07, 6.45) is 0.604. The Balaban J connectivity index is 0.000000739. The monoisotopic (exact) mass is 407 g/mol. The van der Waals surface area contributed by atoms with Gasteiger partial charge >= 0.3 is 0 Å². The lowest BCUT2D eigenvalue weighted by Gasteiger charge is -2.31. The predicted molar refractivity (Wildman–Crippen MR) is 116 cm³/mol. The standard InChI is InChI=1S/C21H22P.CH4O3S/c1-18(2)22(19-12-6-3-7-13-19,20-14-8-4-9-15-20)21-16-10-5-11-17-21;1-5(2,3)4/h3-18H,1-2H3;1H3,(H,2,3,4)/q+1;/p-1/i1D3,2D3,18D;. The molecule has 0 fully saturated rings. The molecule has 0 aliphatic carbocycles. The fraction of sp³-hybridized carbons (Fsp3) is 0.182. The van der Waals surface area contributed by atoms with Crippen LogP contribution in [0, 0.1) is 0 Å². The first kappa shape index (κ1) is 13.2. The van der Waals surface area contributed by atoms with Crippen LogP contribution in [0.3, 0.4) is 0 Å². The highest BCUT2D eigenvalue weighted by atomic mass is 32.2. The van der Waals surface area contributed by atoms with Gasteiger partial charge in [0, 0.05) is 14.5 Å². The number of hydrogen-bond donors (Lipinski definition) is 0. The molecule has 3 nitrogen and oxygen atoms in total. The highest BCUT2D eigenvalue weighted by Gasteiger charge is 2.48. The van der Waals surface area contributed by atoms with Crippen LogP contribution in [-0.4, -0.2) is 24.9 Å². The van der Waals surface area contributed by atoms with Gasteiger partial charge in [-0.05, 0) is 50.1 Å². The average molecular weight is 408 g/mol. The largest absolute Gasteiger partial charge is 0.748 e. The first-order valence-corrected chi connectivity index (χ1v) is 11.6. The zero-order valence-corrected chi connectivity index (χ0v) is 16.5. The first-order chi connectivity index (χ1) is 15.6. The fourth-order valence-electron chi connectivity index (χ4n) is 2.79. The molecule has 3 rings (SSSR count). The second-order valence-corrected chi connectivity index (χ2v) is 10.5. The van der Waals surface area contributed by atoms with E-state index in [9.17, 15) is 1.37 Å². The zero-order chi connectivity index (χ0) is 25.8. The highest BCUT2D eigenvalue weighted by molar-refractivity contribution is 7.96. The lowest BCUT2D eigenvalue weighted by molar-refractivity contribution is 0.470. The topological polar surface area (TPSA) is 57.2 Å². The van der Waals surface area contributed by atoms with Crippen LogP contribution in [0.15, 0.2) is 91.0 Å². The van der Waals surface area contributed by atoms with E-state index in [2.05, 4.69) is 0 Å². The summed E-state index contributed by atoms with van der Waals surface area (Å²) in [5.41, 5.74) is -2.74. The van der Waals surface area contributed by atoms with E-state index in [4.69, 9.17) is 21.2 Å². The lowest BCUT2D eigenvalue weighted by Crippen LogP contribution is -2.36. The van der Waals surface area contributed by atoms with E-state index in [0.717, 1.165) is 0 Å². The van der Waals surface area contributed by atoms with E-state index in [1.807, 2.05) is 0 Å². The third kappa shape index (κ3) is 5.49. The summed E-state index contributed by atoms with van der Waals surface area (Å²) >= 11 is 0. The molecule has 27 heavy (non-hydrogen) atoms. The molecule has 0 radical (unpaired) electrons. The van der Waals surface area contributed by atoms with E-state index in [-0.39, 0.29) is 0 Å². The summed E-state index contributed by atoms with van der Waals surface area (Å²) in [7, 11) is -7.39. The molecule has 0 heterocycles. The number of hydrogen-bond acceptors (Lipinski definition) is 3. The molecule has 0 unspecified atom stereocenters. The SMILES string of the molecule is CS(=O)(=O)[O-].[2H]C([2H])([2H])C([2H])(C([2H])([2H])[2H])[P+](c1ccccc1)(c1ccccc1)c1ccccc1. The minimum Gasteiger partial charge on any atom is -0.748 e. The van der Waals surface area contributed by atoms with Crippen LogP contribution in [0.4, 0.5) is 0 Å². The van der Waals surface area contributed by atoms with Gasteiger partial charge in [-0.25, -0.2) is 8.42 Å². The van der Waals surface area contributed by atoms with E-state index < -0.39 is 36.7 Å². The summed E-state index contributed by atoms with van der Waals surface area (Å²) in [5.74, 6) is 0. The van der Waals surface area contributed by atoms with Gasteiger partial charge in [0.1, 0.15) is 23.2 Å². The molecule has 0 aliphatic rings. The van der Waals surface area contributed by atoms with Crippen LogP contribution in [0.1, 0.15) is 23.3 Å². The molecule has 3 aromatic rings. The van der Waals surface area contributed by atoms with Gasteiger partial charge in [0.25, 0.3) is 0 Å². The quantitative estimate of drug-likeness (QED) is 0.491. The molecule has 0 amide bonds. The van der Waals surface area contributed by atoms with Crippen molar-refractivity contribution >= 4 is 33.3 Å². The van der Waals surface area contributed by atoms with Gasteiger partial charge in [0.05, 0.1) is 17.1 Å². The molecule has 0 saturated carbocycles. The Hall–Kier alpha value is -2.00. The minimum atomic E-state index is -3.92. The maximum absolute atomic E-state index is 9.27. The van der Waals surface area contributed by atoms with Crippen LogP contribution in [0.2, 0.25) is 0 Å². The molecular formula is C22H25O3PS. The van der Waals surface area contributed by atoms with Crippen molar-refractivity contribution in [1.82, 2.24) is 0 Å². The first-order valence-electron chi connectivity index (χ1n) is 11.5. The Morgan fingerprint density at radius 1 is 0.778 bits per heavy atom. The number of rotatable bonds is 4. The summed E-state index contributed by atoms with van der Waals surface area (Å²) in [5, 5.41) is 1.67. The molecule has 3 aromatic carbocycles. The van der Waals surface area contributed by atoms with Crippen molar-refractivity contribution in [3.63, 3.8) is 0 Å². The van der Waals surface area contributed by atoms with Crippen LogP contribution in [-0.2, 0) is 10.1 Å². The van der Waals surface area contributed by atoms with E-state index in [1.165, 1.54) is 0 Å². The summed E-state index contributed by atoms with van der Waals surface area (Å²) < 4.78 is 86.0. The molecule has 0 aliphatic heterocycles. The fourth-order valence-corrected chi connectivity index (χ4v) is 6.32.